The monoisotopic (exact) mass is 321 g/mol. The summed E-state index contributed by atoms with van der Waals surface area (Å²) in [4.78, 5) is 20.4. The van der Waals surface area contributed by atoms with Gasteiger partial charge in [-0.3, -0.25) is 10.2 Å². The molecule has 5 nitrogen and oxygen atoms in total. The molecular weight excluding hydrogens is 292 g/mol. The molecular formula is C14H29NNa2O4. The Hall–Kier alpha value is 0.610. The second-order valence-corrected chi connectivity index (χ2v) is 4.39. The van der Waals surface area contributed by atoms with Crippen LogP contribution in [0.25, 0.3) is 0 Å². The van der Waals surface area contributed by atoms with Crippen LogP contribution in [0.1, 0.15) is 62.7 Å². The Kier molecular flexibility index (Phi) is 29.1. The summed E-state index contributed by atoms with van der Waals surface area (Å²) >= 11 is 0. The first-order chi connectivity index (χ1) is 8.88. The fourth-order valence-electron chi connectivity index (χ4n) is 1.20. The zero-order valence-electron chi connectivity index (χ0n) is 16.5. The number of hydrogen-bond donors (Lipinski definition) is 2. The zero-order valence-corrected chi connectivity index (χ0v) is 18.5. The van der Waals surface area contributed by atoms with Gasteiger partial charge in [0.15, 0.2) is 0 Å². The second-order valence-electron chi connectivity index (χ2n) is 4.39. The van der Waals surface area contributed by atoms with Gasteiger partial charge in [0.05, 0.1) is 6.61 Å². The van der Waals surface area contributed by atoms with Gasteiger partial charge in [-0.2, -0.15) is 0 Å². The summed E-state index contributed by atoms with van der Waals surface area (Å²) in [6.07, 6.45) is 4.72. The summed E-state index contributed by atoms with van der Waals surface area (Å²) in [5, 5.41) is 14.8. The van der Waals surface area contributed by atoms with E-state index in [2.05, 4.69) is 13.8 Å². The summed E-state index contributed by atoms with van der Waals surface area (Å²) in [7, 11) is 0. The molecule has 0 radical (unpaired) electrons. The van der Waals surface area contributed by atoms with Crippen molar-refractivity contribution in [3.8, 4) is 0 Å². The fourth-order valence-corrected chi connectivity index (χ4v) is 1.20. The van der Waals surface area contributed by atoms with Crippen LogP contribution in [-0.2, 0) is 14.3 Å². The van der Waals surface area contributed by atoms with Crippen LogP contribution in [0.4, 0.5) is 0 Å². The van der Waals surface area contributed by atoms with E-state index in [0.717, 1.165) is 12.8 Å². The van der Waals surface area contributed by atoms with Crippen LogP contribution >= 0.6 is 0 Å². The van der Waals surface area contributed by atoms with Crippen molar-refractivity contribution in [1.29, 1.82) is 5.41 Å². The number of carbonyl (C=O) groups excluding carboxylic acids is 1. The molecule has 0 saturated carbocycles. The van der Waals surface area contributed by atoms with E-state index in [9.17, 15) is 9.59 Å². The minimum atomic E-state index is -0.745. The van der Waals surface area contributed by atoms with Gasteiger partial charge in [0.2, 0.25) is 0 Å². The van der Waals surface area contributed by atoms with E-state index in [1.54, 1.807) is 6.92 Å². The normalized spacial score (nSPS) is 9.90. The van der Waals surface area contributed by atoms with Crippen molar-refractivity contribution in [2.75, 3.05) is 6.61 Å². The van der Waals surface area contributed by atoms with E-state index in [1.165, 1.54) is 19.8 Å². The Labute approximate surface area is 175 Å². The van der Waals surface area contributed by atoms with E-state index >= 15 is 0 Å². The summed E-state index contributed by atoms with van der Waals surface area (Å²) < 4.78 is 4.99. The molecule has 21 heavy (non-hydrogen) atoms. The van der Waals surface area contributed by atoms with E-state index in [0.29, 0.717) is 12.5 Å². The summed E-state index contributed by atoms with van der Waals surface area (Å²) in [6.45, 7) is 7.77. The van der Waals surface area contributed by atoms with Crippen molar-refractivity contribution in [3.05, 3.63) is 0 Å². The van der Waals surface area contributed by atoms with Gasteiger partial charge in [0.1, 0.15) is 5.71 Å². The molecule has 116 valence electrons. The Bertz CT molecular complexity index is 296. The average Bonchev–Trinajstić information content (AvgIpc) is 2.39. The molecule has 0 amide bonds. The predicted octanol–water partition coefficient (Wildman–Crippen LogP) is -2.50. The van der Waals surface area contributed by atoms with Gasteiger partial charge >= 0.3 is 71.1 Å². The summed E-state index contributed by atoms with van der Waals surface area (Å²) in [5.74, 6) is -0.775. The Balaban J connectivity index is -0.0000000708. The van der Waals surface area contributed by atoms with Crippen molar-refractivity contribution in [3.63, 3.8) is 0 Å². The van der Waals surface area contributed by atoms with Crippen LogP contribution in [-0.4, -0.2) is 29.4 Å². The molecule has 0 aliphatic carbocycles. The molecule has 2 N–H and O–H groups in total. The van der Waals surface area contributed by atoms with Gasteiger partial charge in [-0.05, 0) is 19.3 Å². The topological polar surface area (TPSA) is 87.5 Å². The SMILES string of the molecule is CCC(=O)O.CCCCC(CC)COC(=O)C(C)=N.[H-].[H-].[Na+].[Na+]. The average molecular weight is 321 g/mol. The van der Waals surface area contributed by atoms with Crippen molar-refractivity contribution >= 4 is 17.7 Å². The molecule has 0 fully saturated rings. The Morgan fingerprint density at radius 2 is 1.71 bits per heavy atom. The first-order valence-corrected chi connectivity index (χ1v) is 6.82. The van der Waals surface area contributed by atoms with Gasteiger partial charge in [-0.1, -0.05) is 40.0 Å². The molecule has 0 saturated heterocycles. The third kappa shape index (κ3) is 23.0. The Morgan fingerprint density at radius 1 is 1.24 bits per heavy atom. The molecule has 0 aromatic heterocycles. The molecule has 0 bridgehead atoms. The quantitative estimate of drug-likeness (QED) is 0.294. The molecule has 0 aromatic rings. The maximum absolute atomic E-state index is 11.0. The van der Waals surface area contributed by atoms with Gasteiger partial charge in [0, 0.05) is 6.42 Å². The molecule has 0 aliphatic rings. The smallest absolute Gasteiger partial charge is 1.00 e. The van der Waals surface area contributed by atoms with Crippen molar-refractivity contribution in [2.45, 2.75) is 59.8 Å². The van der Waals surface area contributed by atoms with Crippen LogP contribution in [0.5, 0.6) is 0 Å². The second kappa shape index (κ2) is 20.6. The number of aliphatic carboxylic acids is 1. The maximum Gasteiger partial charge on any atom is 1.00 e. The Morgan fingerprint density at radius 3 is 2.00 bits per heavy atom. The minimum Gasteiger partial charge on any atom is -1.00 e. The fraction of sp³-hybridized carbons (Fsp3) is 0.786. The zero-order chi connectivity index (χ0) is 15.3. The molecule has 0 aliphatic heterocycles. The van der Waals surface area contributed by atoms with E-state index in [4.69, 9.17) is 15.3 Å². The number of hydrogen-bond acceptors (Lipinski definition) is 4. The van der Waals surface area contributed by atoms with Gasteiger partial charge in [0.25, 0.3) is 0 Å². The molecule has 0 rings (SSSR count). The molecule has 0 heterocycles. The molecule has 1 atom stereocenters. The third-order valence-corrected chi connectivity index (χ3v) is 2.60. The number of unbranched alkanes of at least 4 members (excludes halogenated alkanes) is 1. The van der Waals surface area contributed by atoms with Crippen LogP contribution in [0.15, 0.2) is 0 Å². The summed E-state index contributed by atoms with van der Waals surface area (Å²) in [6, 6.07) is 0. The van der Waals surface area contributed by atoms with Crippen molar-refractivity contribution in [1.82, 2.24) is 0 Å². The van der Waals surface area contributed by atoms with Gasteiger partial charge in [-0.25, -0.2) is 4.79 Å². The standard InChI is InChI=1S/C11H21NO2.C3H6O2.2Na.2H/c1-4-6-7-10(5-2)8-14-11(13)9(3)12;1-2-3(4)5;;;;/h10,12H,4-8H2,1-3H3;2H2,1H3,(H,4,5);;;;/q;;2*+1;2*-1. The number of carbonyl (C=O) groups is 2. The number of carboxylic acid groups (broad SMARTS) is 1. The number of carboxylic acids is 1. The first kappa shape index (κ1) is 29.6. The van der Waals surface area contributed by atoms with Crippen LogP contribution in [0.2, 0.25) is 0 Å². The van der Waals surface area contributed by atoms with Crippen LogP contribution in [0.3, 0.4) is 0 Å². The molecule has 7 heteroatoms. The summed E-state index contributed by atoms with van der Waals surface area (Å²) in [5.41, 5.74) is -0.0182. The maximum atomic E-state index is 11.0. The van der Waals surface area contributed by atoms with E-state index in [-0.39, 0.29) is 74.1 Å². The number of rotatable bonds is 8. The molecule has 1 unspecified atom stereocenters. The van der Waals surface area contributed by atoms with E-state index in [1.807, 2.05) is 0 Å². The first-order valence-electron chi connectivity index (χ1n) is 6.82. The van der Waals surface area contributed by atoms with Crippen LogP contribution < -0.4 is 59.1 Å². The third-order valence-electron chi connectivity index (χ3n) is 2.60. The number of nitrogens with one attached hydrogen (secondary N) is 1. The van der Waals surface area contributed by atoms with Crippen LogP contribution in [0, 0.1) is 11.3 Å². The van der Waals surface area contributed by atoms with Crippen molar-refractivity contribution in [2.24, 2.45) is 5.92 Å². The van der Waals surface area contributed by atoms with Crippen molar-refractivity contribution < 1.29 is 81.4 Å². The largest absolute Gasteiger partial charge is 1.00 e. The molecule has 0 aromatic carbocycles. The minimum absolute atomic E-state index is 0. The van der Waals surface area contributed by atoms with Gasteiger partial charge in [-0.15, -0.1) is 0 Å². The molecule has 0 spiro atoms. The number of esters is 1. The van der Waals surface area contributed by atoms with Gasteiger partial charge < -0.3 is 12.7 Å². The predicted molar refractivity (Wildman–Crippen MR) is 77.8 cm³/mol. The number of ether oxygens (including phenoxy) is 1. The van der Waals surface area contributed by atoms with E-state index < -0.39 is 11.9 Å².